The topological polar surface area (TPSA) is 24.9 Å². The van der Waals surface area contributed by atoms with Crippen molar-refractivity contribution in [3.8, 4) is 0 Å². The van der Waals surface area contributed by atoms with Gasteiger partial charge in [0.05, 0.1) is 10.7 Å². The average molecular weight is 309 g/mol. The smallest absolute Gasteiger partial charge is 0.0962 e. The average Bonchev–Trinajstić information content (AvgIpc) is 3.06. The van der Waals surface area contributed by atoms with Gasteiger partial charge in [0, 0.05) is 28.8 Å². The van der Waals surface area contributed by atoms with E-state index in [1.807, 2.05) is 11.3 Å². The molecule has 0 radical (unpaired) electrons. The molecule has 1 aromatic heterocycles. The fraction of sp³-hybridized carbons (Fsp3) is 0.833. The Labute approximate surface area is 134 Å². The molecule has 0 atom stereocenters. The largest absolute Gasteiger partial charge is 0.309 e. The van der Waals surface area contributed by atoms with E-state index in [4.69, 9.17) is 4.98 Å². The van der Waals surface area contributed by atoms with Gasteiger partial charge >= 0.3 is 0 Å². The number of hydrogen-bond donors (Lipinski definition) is 1. The van der Waals surface area contributed by atoms with Gasteiger partial charge in [-0.3, -0.25) is 0 Å². The lowest BCUT2D eigenvalue weighted by Crippen LogP contribution is -2.26. The summed E-state index contributed by atoms with van der Waals surface area (Å²) in [7, 11) is 0. The highest BCUT2D eigenvalue weighted by atomic mass is 32.1. The molecular formula is C18H32N2S. The molecule has 1 aromatic rings. The van der Waals surface area contributed by atoms with Crippen LogP contribution in [0.3, 0.4) is 0 Å². The van der Waals surface area contributed by atoms with E-state index in [1.54, 1.807) is 0 Å². The van der Waals surface area contributed by atoms with Gasteiger partial charge in [-0.05, 0) is 25.7 Å². The van der Waals surface area contributed by atoms with Gasteiger partial charge in [0.25, 0.3) is 0 Å². The number of aromatic nitrogens is 1. The Hall–Kier alpha value is -0.410. The number of hydrogen-bond acceptors (Lipinski definition) is 3. The van der Waals surface area contributed by atoms with Crippen LogP contribution in [-0.2, 0) is 12.0 Å². The van der Waals surface area contributed by atoms with Gasteiger partial charge in [-0.2, -0.15) is 0 Å². The van der Waals surface area contributed by atoms with E-state index in [-0.39, 0.29) is 5.41 Å². The molecule has 120 valence electrons. The van der Waals surface area contributed by atoms with Crippen LogP contribution in [0.4, 0.5) is 0 Å². The van der Waals surface area contributed by atoms with Gasteiger partial charge in [0.2, 0.25) is 0 Å². The van der Waals surface area contributed by atoms with Crippen LogP contribution in [0.2, 0.25) is 0 Å². The molecule has 0 unspecified atom stereocenters. The van der Waals surface area contributed by atoms with Crippen molar-refractivity contribution in [1.29, 1.82) is 0 Å². The van der Waals surface area contributed by atoms with Crippen LogP contribution in [-0.4, -0.2) is 11.0 Å². The Balaban J connectivity index is 2.16. The minimum atomic E-state index is 0.146. The van der Waals surface area contributed by atoms with E-state index in [1.165, 1.54) is 54.1 Å². The first kappa shape index (κ1) is 17.0. The summed E-state index contributed by atoms with van der Waals surface area (Å²) >= 11 is 1.95. The van der Waals surface area contributed by atoms with E-state index in [0.29, 0.717) is 5.92 Å². The minimum absolute atomic E-state index is 0.146. The Morgan fingerprint density at radius 1 is 1.19 bits per heavy atom. The molecule has 3 heteroatoms. The van der Waals surface area contributed by atoms with Crippen molar-refractivity contribution in [1.82, 2.24) is 10.3 Å². The molecule has 0 spiro atoms. The zero-order valence-corrected chi connectivity index (χ0v) is 15.3. The van der Waals surface area contributed by atoms with Gasteiger partial charge in [-0.1, -0.05) is 47.5 Å². The van der Waals surface area contributed by atoms with Gasteiger partial charge in [0.1, 0.15) is 0 Å². The zero-order chi connectivity index (χ0) is 15.5. The van der Waals surface area contributed by atoms with E-state index < -0.39 is 0 Å². The van der Waals surface area contributed by atoms with Crippen molar-refractivity contribution in [2.24, 2.45) is 0 Å². The van der Waals surface area contributed by atoms with Gasteiger partial charge in [0.15, 0.2) is 0 Å². The van der Waals surface area contributed by atoms with E-state index >= 15 is 0 Å². The maximum atomic E-state index is 5.05. The molecule has 0 saturated heterocycles. The second-order valence-electron chi connectivity index (χ2n) is 7.45. The van der Waals surface area contributed by atoms with Crippen molar-refractivity contribution in [2.75, 3.05) is 0 Å². The highest BCUT2D eigenvalue weighted by Crippen LogP contribution is 2.35. The Morgan fingerprint density at radius 3 is 2.33 bits per heavy atom. The summed E-state index contributed by atoms with van der Waals surface area (Å²) in [4.78, 5) is 6.52. The molecule has 2 nitrogen and oxygen atoms in total. The first-order chi connectivity index (χ1) is 9.95. The van der Waals surface area contributed by atoms with Crippen molar-refractivity contribution in [2.45, 2.75) is 97.1 Å². The van der Waals surface area contributed by atoms with E-state index in [0.717, 1.165) is 12.6 Å². The van der Waals surface area contributed by atoms with Crippen molar-refractivity contribution in [3.63, 3.8) is 0 Å². The summed E-state index contributed by atoms with van der Waals surface area (Å²) in [5, 5.41) is 5.12. The maximum Gasteiger partial charge on any atom is 0.0962 e. The highest BCUT2D eigenvalue weighted by molar-refractivity contribution is 7.11. The Kier molecular flexibility index (Phi) is 5.84. The Bertz CT molecular complexity index is 435. The summed E-state index contributed by atoms with van der Waals surface area (Å²) in [6.45, 7) is 12.4. The molecule has 1 saturated carbocycles. The minimum Gasteiger partial charge on any atom is -0.309 e. The van der Waals surface area contributed by atoms with Gasteiger partial charge < -0.3 is 5.32 Å². The molecule has 1 heterocycles. The third-order valence-electron chi connectivity index (χ3n) is 4.67. The molecular weight excluding hydrogens is 276 g/mol. The molecule has 2 rings (SSSR count). The standard InChI is InChI=1S/C18H32N2S/c1-6-13(7-2)17-20-16(18(3,4)5)15(21-17)12-19-14-10-8-9-11-14/h13-14,19H,6-12H2,1-5H3. The molecule has 1 fully saturated rings. The second-order valence-corrected chi connectivity index (χ2v) is 8.56. The SMILES string of the molecule is CCC(CC)c1nc(C(C)(C)C)c(CNC2CCCC2)s1. The number of nitrogens with one attached hydrogen (secondary N) is 1. The molecule has 1 N–H and O–H groups in total. The zero-order valence-electron chi connectivity index (χ0n) is 14.5. The van der Waals surface area contributed by atoms with Gasteiger partial charge in [-0.15, -0.1) is 11.3 Å². The first-order valence-corrected chi connectivity index (χ1v) is 9.50. The Morgan fingerprint density at radius 2 is 1.81 bits per heavy atom. The van der Waals surface area contributed by atoms with Crippen molar-refractivity contribution in [3.05, 3.63) is 15.6 Å². The van der Waals surface area contributed by atoms with Gasteiger partial charge in [-0.25, -0.2) is 4.98 Å². The normalized spacial score (nSPS) is 17.0. The van der Waals surface area contributed by atoms with Crippen LogP contribution in [0, 0.1) is 0 Å². The lowest BCUT2D eigenvalue weighted by molar-refractivity contribution is 0.511. The van der Waals surface area contributed by atoms with E-state index in [2.05, 4.69) is 39.9 Å². The summed E-state index contributed by atoms with van der Waals surface area (Å²) in [5.74, 6) is 0.635. The quantitative estimate of drug-likeness (QED) is 0.763. The monoisotopic (exact) mass is 308 g/mol. The molecule has 0 aromatic carbocycles. The van der Waals surface area contributed by atoms with E-state index in [9.17, 15) is 0 Å². The third kappa shape index (κ3) is 4.29. The highest BCUT2D eigenvalue weighted by Gasteiger charge is 2.25. The second kappa shape index (κ2) is 7.23. The van der Waals surface area contributed by atoms with Crippen LogP contribution in [0.25, 0.3) is 0 Å². The van der Waals surface area contributed by atoms with Crippen LogP contribution in [0.1, 0.15) is 94.6 Å². The molecule has 0 amide bonds. The van der Waals surface area contributed by atoms with Crippen LogP contribution in [0.15, 0.2) is 0 Å². The van der Waals surface area contributed by atoms with Crippen LogP contribution >= 0.6 is 11.3 Å². The summed E-state index contributed by atoms with van der Waals surface area (Å²) < 4.78 is 0. The predicted octanol–water partition coefficient (Wildman–Crippen LogP) is 5.38. The fourth-order valence-corrected chi connectivity index (χ4v) is 4.75. The number of thiazole rings is 1. The van der Waals surface area contributed by atoms with Crippen molar-refractivity contribution >= 4 is 11.3 Å². The molecule has 21 heavy (non-hydrogen) atoms. The third-order valence-corrected chi connectivity index (χ3v) is 5.88. The summed E-state index contributed by atoms with van der Waals surface area (Å²) in [5.41, 5.74) is 1.47. The fourth-order valence-electron chi connectivity index (χ4n) is 3.26. The molecule has 0 bridgehead atoms. The maximum absolute atomic E-state index is 5.05. The lowest BCUT2D eigenvalue weighted by Gasteiger charge is -2.19. The first-order valence-electron chi connectivity index (χ1n) is 8.69. The summed E-state index contributed by atoms with van der Waals surface area (Å²) in [6, 6.07) is 0.733. The number of nitrogens with zero attached hydrogens (tertiary/aromatic N) is 1. The molecule has 1 aliphatic rings. The molecule has 0 aliphatic heterocycles. The predicted molar refractivity (Wildman–Crippen MR) is 93.2 cm³/mol. The number of rotatable bonds is 6. The lowest BCUT2D eigenvalue weighted by atomic mass is 9.91. The van der Waals surface area contributed by atoms with Crippen LogP contribution < -0.4 is 5.32 Å². The van der Waals surface area contributed by atoms with Crippen LogP contribution in [0.5, 0.6) is 0 Å². The summed E-state index contributed by atoms with van der Waals surface area (Å²) in [6.07, 6.45) is 7.88. The van der Waals surface area contributed by atoms with Crippen molar-refractivity contribution < 1.29 is 0 Å². The molecule has 1 aliphatic carbocycles.